The molecule has 4 N–H and O–H groups in total. The summed E-state index contributed by atoms with van der Waals surface area (Å²) in [5.74, 6) is 0.239. The molecule has 0 aliphatic rings. The van der Waals surface area contributed by atoms with Crippen LogP contribution in [0.1, 0.15) is 37.4 Å². The Bertz CT molecular complexity index is 402. The van der Waals surface area contributed by atoms with Crippen LogP contribution in [0.2, 0.25) is 0 Å². The van der Waals surface area contributed by atoms with Crippen molar-refractivity contribution in [1.29, 1.82) is 0 Å². The first kappa shape index (κ1) is 13.5. The van der Waals surface area contributed by atoms with Crippen LogP contribution in [0.4, 0.5) is 0 Å². The topological polar surface area (TPSA) is 78.3 Å². The number of aryl methyl sites for hydroxylation is 1. The van der Waals surface area contributed by atoms with E-state index in [1.807, 2.05) is 39.0 Å². The molecule has 0 radical (unpaired) electrons. The van der Waals surface area contributed by atoms with E-state index in [9.17, 15) is 4.79 Å². The van der Waals surface area contributed by atoms with Crippen molar-refractivity contribution in [3.05, 3.63) is 29.3 Å². The smallest absolute Gasteiger partial charge is 0.258 e. The lowest BCUT2D eigenvalue weighted by Crippen LogP contribution is -2.33. The normalized spacial score (nSPS) is 14.1. The molecule has 1 aromatic rings. The van der Waals surface area contributed by atoms with Gasteiger partial charge in [0.05, 0.1) is 0 Å². The summed E-state index contributed by atoms with van der Waals surface area (Å²) < 4.78 is 5.58. The third-order valence-corrected chi connectivity index (χ3v) is 2.68. The molecular formula is C13H20N2O2. The number of carbonyl (C=O) groups excluding carboxylic acids is 1. The minimum absolute atomic E-state index is 0.0131. The molecule has 4 nitrogen and oxygen atoms in total. The Morgan fingerprint density at radius 2 is 2.12 bits per heavy atom. The fourth-order valence-electron chi connectivity index (χ4n) is 1.58. The van der Waals surface area contributed by atoms with E-state index in [2.05, 4.69) is 0 Å². The average molecular weight is 236 g/mol. The molecular weight excluding hydrogens is 216 g/mol. The minimum atomic E-state index is -0.574. The van der Waals surface area contributed by atoms with Crippen molar-refractivity contribution in [1.82, 2.24) is 0 Å². The van der Waals surface area contributed by atoms with E-state index in [4.69, 9.17) is 16.2 Å². The Morgan fingerprint density at radius 3 is 2.53 bits per heavy atom. The Labute approximate surface area is 102 Å². The molecule has 4 heteroatoms. The summed E-state index contributed by atoms with van der Waals surface area (Å²) in [6.07, 6.45) is -0.0149. The predicted octanol–water partition coefficient (Wildman–Crippen LogP) is 1.66. The van der Waals surface area contributed by atoms with Gasteiger partial charge in [0.25, 0.3) is 5.91 Å². The van der Waals surface area contributed by atoms with Crippen LogP contribution in [0.3, 0.4) is 0 Å². The molecule has 0 spiro atoms. The summed E-state index contributed by atoms with van der Waals surface area (Å²) in [6.45, 7) is 5.71. The summed E-state index contributed by atoms with van der Waals surface area (Å²) in [4.78, 5) is 11.1. The highest BCUT2D eigenvalue weighted by Gasteiger charge is 2.15. The van der Waals surface area contributed by atoms with Crippen LogP contribution in [0.15, 0.2) is 18.2 Å². The van der Waals surface area contributed by atoms with Gasteiger partial charge < -0.3 is 16.2 Å². The third kappa shape index (κ3) is 3.46. The van der Waals surface area contributed by atoms with Gasteiger partial charge in [-0.1, -0.05) is 19.1 Å². The van der Waals surface area contributed by atoms with Crippen molar-refractivity contribution in [2.75, 3.05) is 0 Å². The number of benzene rings is 1. The second-order valence-electron chi connectivity index (χ2n) is 4.23. The molecule has 1 amide bonds. The first-order valence-corrected chi connectivity index (χ1v) is 5.77. The molecule has 0 bridgehead atoms. The van der Waals surface area contributed by atoms with Crippen LogP contribution in [0.25, 0.3) is 0 Å². The Balaban J connectivity index is 2.89. The molecule has 0 fully saturated rings. The molecule has 0 saturated heterocycles. The lowest BCUT2D eigenvalue weighted by atomic mass is 10.1. The zero-order valence-electron chi connectivity index (χ0n) is 10.6. The lowest BCUT2D eigenvalue weighted by molar-refractivity contribution is -0.124. The van der Waals surface area contributed by atoms with E-state index in [1.54, 1.807) is 0 Å². The number of ether oxygens (including phenoxy) is 1. The average Bonchev–Trinajstić information content (AvgIpc) is 2.26. The fraction of sp³-hybridized carbons (Fsp3) is 0.462. The van der Waals surface area contributed by atoms with Crippen LogP contribution >= 0.6 is 0 Å². The number of hydrogen-bond acceptors (Lipinski definition) is 3. The predicted molar refractivity (Wildman–Crippen MR) is 67.7 cm³/mol. The van der Waals surface area contributed by atoms with E-state index in [-0.39, 0.29) is 6.04 Å². The van der Waals surface area contributed by atoms with Gasteiger partial charge in [-0.15, -0.1) is 0 Å². The molecule has 0 saturated carbocycles. The van der Waals surface area contributed by atoms with Gasteiger partial charge in [0.1, 0.15) is 5.75 Å². The van der Waals surface area contributed by atoms with Crippen molar-refractivity contribution < 1.29 is 9.53 Å². The van der Waals surface area contributed by atoms with E-state index in [0.29, 0.717) is 12.2 Å². The highest BCUT2D eigenvalue weighted by Crippen LogP contribution is 2.23. The van der Waals surface area contributed by atoms with Crippen LogP contribution in [-0.2, 0) is 4.79 Å². The number of rotatable bonds is 5. The quantitative estimate of drug-likeness (QED) is 0.816. The maximum atomic E-state index is 11.1. The van der Waals surface area contributed by atoms with Gasteiger partial charge in [0.15, 0.2) is 6.10 Å². The van der Waals surface area contributed by atoms with Crippen molar-refractivity contribution in [3.8, 4) is 5.75 Å². The van der Waals surface area contributed by atoms with Crippen molar-refractivity contribution >= 4 is 5.91 Å². The lowest BCUT2D eigenvalue weighted by Gasteiger charge is -2.17. The van der Waals surface area contributed by atoms with Crippen LogP contribution in [0, 0.1) is 6.92 Å². The van der Waals surface area contributed by atoms with Crippen molar-refractivity contribution in [3.63, 3.8) is 0 Å². The molecule has 1 aromatic carbocycles. The largest absolute Gasteiger partial charge is 0.480 e. The van der Waals surface area contributed by atoms with Gasteiger partial charge >= 0.3 is 0 Å². The summed E-state index contributed by atoms with van der Waals surface area (Å²) in [5.41, 5.74) is 13.0. The van der Waals surface area contributed by atoms with Gasteiger partial charge in [0.2, 0.25) is 0 Å². The first-order valence-electron chi connectivity index (χ1n) is 5.77. The zero-order chi connectivity index (χ0) is 13.0. The highest BCUT2D eigenvalue weighted by molar-refractivity contribution is 5.79. The van der Waals surface area contributed by atoms with Gasteiger partial charge in [-0.2, -0.15) is 0 Å². The summed E-state index contributed by atoms with van der Waals surface area (Å²) in [5, 5.41) is 0. The Kier molecular flexibility index (Phi) is 4.52. The molecule has 0 heterocycles. The van der Waals surface area contributed by atoms with E-state index in [0.717, 1.165) is 11.1 Å². The Morgan fingerprint density at radius 1 is 1.47 bits per heavy atom. The minimum Gasteiger partial charge on any atom is -0.480 e. The maximum Gasteiger partial charge on any atom is 0.258 e. The molecule has 17 heavy (non-hydrogen) atoms. The number of nitrogens with two attached hydrogens (primary N) is 2. The zero-order valence-corrected chi connectivity index (χ0v) is 10.6. The summed E-state index contributed by atoms with van der Waals surface area (Å²) >= 11 is 0. The monoisotopic (exact) mass is 236 g/mol. The summed E-state index contributed by atoms with van der Waals surface area (Å²) in [7, 11) is 0. The van der Waals surface area contributed by atoms with E-state index >= 15 is 0 Å². The highest BCUT2D eigenvalue weighted by atomic mass is 16.5. The summed E-state index contributed by atoms with van der Waals surface area (Å²) in [6, 6.07) is 5.69. The van der Waals surface area contributed by atoms with Crippen LogP contribution in [-0.4, -0.2) is 12.0 Å². The van der Waals surface area contributed by atoms with E-state index < -0.39 is 12.0 Å². The molecule has 0 aliphatic carbocycles. The van der Waals surface area contributed by atoms with Crippen molar-refractivity contribution in [2.45, 2.75) is 39.3 Å². The molecule has 0 aliphatic heterocycles. The van der Waals surface area contributed by atoms with Gasteiger partial charge in [-0.25, -0.2) is 0 Å². The Hall–Kier alpha value is -1.55. The van der Waals surface area contributed by atoms with E-state index in [1.165, 1.54) is 0 Å². The number of primary amides is 1. The molecule has 94 valence electrons. The molecule has 1 unspecified atom stereocenters. The fourth-order valence-corrected chi connectivity index (χ4v) is 1.58. The van der Waals surface area contributed by atoms with Gasteiger partial charge in [-0.3, -0.25) is 4.79 Å². The van der Waals surface area contributed by atoms with Crippen molar-refractivity contribution in [2.24, 2.45) is 11.5 Å². The second kappa shape index (κ2) is 5.68. The van der Waals surface area contributed by atoms with Crippen LogP contribution in [0.5, 0.6) is 5.75 Å². The second-order valence-corrected chi connectivity index (χ2v) is 4.23. The number of hydrogen-bond donors (Lipinski definition) is 2. The number of carbonyl (C=O) groups is 1. The first-order chi connectivity index (χ1) is 7.95. The molecule has 0 aromatic heterocycles. The number of amides is 1. The SMILES string of the molecule is CCC(Oc1ccc([C@H](C)N)cc1C)C(N)=O. The molecule has 2 atom stereocenters. The maximum absolute atomic E-state index is 11.1. The third-order valence-electron chi connectivity index (χ3n) is 2.68. The van der Waals surface area contributed by atoms with Gasteiger partial charge in [0, 0.05) is 6.04 Å². The van der Waals surface area contributed by atoms with Crippen LogP contribution < -0.4 is 16.2 Å². The van der Waals surface area contributed by atoms with Gasteiger partial charge in [-0.05, 0) is 37.5 Å². The molecule has 1 rings (SSSR count). The standard InChI is InChI=1S/C13H20N2O2/c1-4-11(13(15)16)17-12-6-5-10(9(3)14)7-8(12)2/h5-7,9,11H,4,14H2,1-3H3,(H2,15,16)/t9-,11?/m0/s1.